The van der Waals surface area contributed by atoms with Crippen LogP contribution in [0, 0.1) is 0 Å². The first-order valence-corrected chi connectivity index (χ1v) is 2.96. The Balaban J connectivity index is 2.38. The molecule has 0 atom stereocenters. The molecule has 0 unspecified atom stereocenters. The summed E-state index contributed by atoms with van der Waals surface area (Å²) in [6, 6.07) is 0. The summed E-state index contributed by atoms with van der Waals surface area (Å²) in [5.74, 6) is 2.50. The van der Waals surface area contributed by atoms with Crippen molar-refractivity contribution in [1.82, 2.24) is 0 Å². The lowest BCUT2D eigenvalue weighted by Gasteiger charge is -1.89. The van der Waals surface area contributed by atoms with Crippen molar-refractivity contribution in [1.29, 1.82) is 0 Å². The van der Waals surface area contributed by atoms with Crippen LogP contribution in [-0.2, 0) is 0 Å². The van der Waals surface area contributed by atoms with Gasteiger partial charge in [-0.1, -0.05) is 18.2 Å². The Morgan fingerprint density at radius 1 is 1.78 bits per heavy atom. The van der Waals surface area contributed by atoms with Gasteiger partial charge in [0, 0.05) is 0 Å². The smallest absolute Gasteiger partial charge is 0.0700 e. The minimum absolute atomic E-state index is 0.760. The highest BCUT2D eigenvalue weighted by Crippen LogP contribution is 2.09. The highest BCUT2D eigenvalue weighted by atomic mass is 14.7. The Hall–Kier alpha value is -1.07. The number of allylic oxidation sites excluding steroid dienone is 3. The van der Waals surface area contributed by atoms with Crippen LogP contribution in [0.1, 0.15) is 6.42 Å². The van der Waals surface area contributed by atoms with Crippen LogP contribution < -0.4 is 0 Å². The topological polar surface area (TPSA) is 12.4 Å². The molecule has 46 valence electrons. The average Bonchev–Trinajstić information content (AvgIpc) is 2.34. The molecule has 1 aliphatic carbocycles. The summed E-state index contributed by atoms with van der Waals surface area (Å²) in [4.78, 5) is 3.88. The molecule has 1 nitrogen and oxygen atoms in total. The van der Waals surface area contributed by atoms with Crippen molar-refractivity contribution in [3.05, 3.63) is 30.4 Å². The summed E-state index contributed by atoms with van der Waals surface area (Å²) in [6.45, 7) is 4.14. The maximum absolute atomic E-state index is 3.88. The van der Waals surface area contributed by atoms with Gasteiger partial charge in [0.05, 0.1) is 6.54 Å². The van der Waals surface area contributed by atoms with E-state index in [0.717, 1.165) is 13.0 Å². The van der Waals surface area contributed by atoms with Gasteiger partial charge >= 0.3 is 0 Å². The largest absolute Gasteiger partial charge is 0.239 e. The molecule has 0 aromatic rings. The average molecular weight is 119 g/mol. The van der Waals surface area contributed by atoms with E-state index >= 15 is 0 Å². The number of rotatable bonds is 2. The third-order valence-corrected chi connectivity index (χ3v) is 1.24. The molecule has 0 aliphatic heterocycles. The van der Waals surface area contributed by atoms with Crippen LogP contribution in [0.25, 0.3) is 0 Å². The van der Waals surface area contributed by atoms with E-state index in [0.29, 0.717) is 0 Å². The Bertz CT molecular complexity index is 193. The van der Waals surface area contributed by atoms with Crippen LogP contribution in [0.15, 0.2) is 35.4 Å². The molecule has 1 rings (SSSR count). The van der Waals surface area contributed by atoms with E-state index in [2.05, 4.69) is 29.6 Å². The van der Waals surface area contributed by atoms with Crippen molar-refractivity contribution in [2.45, 2.75) is 6.42 Å². The molecular weight excluding hydrogens is 110 g/mol. The minimum Gasteiger partial charge on any atom is -0.239 e. The monoisotopic (exact) mass is 119 g/mol. The van der Waals surface area contributed by atoms with Crippen molar-refractivity contribution < 1.29 is 0 Å². The summed E-state index contributed by atoms with van der Waals surface area (Å²) in [6.07, 6.45) is 7.30. The van der Waals surface area contributed by atoms with Gasteiger partial charge in [-0.2, -0.15) is 0 Å². The number of hydrogen-bond acceptors (Lipinski definition) is 1. The molecule has 9 heavy (non-hydrogen) atoms. The molecule has 0 radical (unpaired) electrons. The van der Waals surface area contributed by atoms with Gasteiger partial charge in [0.15, 0.2) is 0 Å². The summed E-state index contributed by atoms with van der Waals surface area (Å²) in [7, 11) is 0. The summed E-state index contributed by atoms with van der Waals surface area (Å²) in [5.41, 5.74) is 1.34. The maximum atomic E-state index is 3.88. The van der Waals surface area contributed by atoms with Crippen LogP contribution >= 0.6 is 0 Å². The fraction of sp³-hybridized carbons (Fsp3) is 0.250. The highest BCUT2D eigenvalue weighted by Gasteiger charge is 1.94. The van der Waals surface area contributed by atoms with E-state index in [1.165, 1.54) is 5.57 Å². The third kappa shape index (κ3) is 1.71. The molecule has 0 fully saturated rings. The lowest BCUT2D eigenvalue weighted by atomic mass is 10.2. The fourth-order valence-corrected chi connectivity index (χ4v) is 0.766. The molecule has 0 heterocycles. The van der Waals surface area contributed by atoms with E-state index in [-0.39, 0.29) is 0 Å². The molecule has 0 aromatic heterocycles. The highest BCUT2D eigenvalue weighted by molar-refractivity contribution is 5.47. The van der Waals surface area contributed by atoms with Crippen LogP contribution in [0.4, 0.5) is 0 Å². The summed E-state index contributed by atoms with van der Waals surface area (Å²) < 4.78 is 0. The maximum Gasteiger partial charge on any atom is 0.0700 e. The van der Waals surface area contributed by atoms with Gasteiger partial charge in [-0.05, 0) is 24.4 Å². The second-order valence-corrected chi connectivity index (χ2v) is 1.93. The first kappa shape index (κ1) is 6.06. The zero-order valence-corrected chi connectivity index (χ0v) is 5.30. The van der Waals surface area contributed by atoms with Crippen LogP contribution in [-0.4, -0.2) is 12.4 Å². The molecule has 0 saturated carbocycles. The van der Waals surface area contributed by atoms with Crippen LogP contribution in [0.2, 0.25) is 0 Å². The predicted molar refractivity (Wildman–Crippen MR) is 39.8 cm³/mol. The Morgan fingerprint density at radius 2 is 2.67 bits per heavy atom. The van der Waals surface area contributed by atoms with Gasteiger partial charge in [0.2, 0.25) is 0 Å². The van der Waals surface area contributed by atoms with Gasteiger partial charge in [0.25, 0.3) is 0 Å². The second-order valence-electron chi connectivity index (χ2n) is 1.93. The minimum atomic E-state index is 0.760. The van der Waals surface area contributed by atoms with Crippen molar-refractivity contribution in [2.24, 2.45) is 4.99 Å². The van der Waals surface area contributed by atoms with Crippen LogP contribution in [0.5, 0.6) is 0 Å². The summed E-state index contributed by atoms with van der Waals surface area (Å²) >= 11 is 0. The van der Waals surface area contributed by atoms with Gasteiger partial charge in [-0.25, -0.2) is 4.99 Å². The van der Waals surface area contributed by atoms with E-state index < -0.39 is 0 Å². The first-order valence-electron chi connectivity index (χ1n) is 2.96. The second kappa shape index (κ2) is 3.06. The van der Waals surface area contributed by atoms with Gasteiger partial charge in [-0.3, -0.25) is 0 Å². The Labute approximate surface area is 55.1 Å². The molecule has 1 aliphatic rings. The normalized spacial score (nSPS) is 14.9. The molecule has 0 amide bonds. The van der Waals surface area contributed by atoms with Crippen molar-refractivity contribution >= 4 is 5.87 Å². The van der Waals surface area contributed by atoms with E-state index in [1.807, 2.05) is 6.08 Å². The standard InChI is InChI=1S/C8H9N/c1-2-9-7-8-5-3-4-6-8/h3-5H,1,6-7H2. The number of aliphatic imine (C=N–C) groups is 1. The molecule has 0 bridgehead atoms. The van der Waals surface area contributed by atoms with Gasteiger partial charge < -0.3 is 0 Å². The SMILES string of the molecule is C=C=NCC1=CC=CC1. The van der Waals surface area contributed by atoms with Crippen molar-refractivity contribution in [2.75, 3.05) is 6.54 Å². The number of hydrogen-bond donors (Lipinski definition) is 0. The molecule has 1 heteroatoms. The third-order valence-electron chi connectivity index (χ3n) is 1.24. The van der Waals surface area contributed by atoms with E-state index in [4.69, 9.17) is 0 Å². The van der Waals surface area contributed by atoms with E-state index in [1.54, 1.807) is 0 Å². The first-order chi connectivity index (χ1) is 4.43. The summed E-state index contributed by atoms with van der Waals surface area (Å²) in [5, 5.41) is 0. The van der Waals surface area contributed by atoms with Crippen LogP contribution in [0.3, 0.4) is 0 Å². The molecule has 0 spiro atoms. The molecule has 0 saturated heterocycles. The van der Waals surface area contributed by atoms with E-state index in [9.17, 15) is 0 Å². The molecule has 0 N–H and O–H groups in total. The molecule has 0 aromatic carbocycles. The van der Waals surface area contributed by atoms with Gasteiger partial charge in [-0.15, -0.1) is 0 Å². The van der Waals surface area contributed by atoms with Crippen molar-refractivity contribution in [3.63, 3.8) is 0 Å². The lowest BCUT2D eigenvalue weighted by molar-refractivity contribution is 1.09. The number of nitrogens with zero attached hydrogens (tertiary/aromatic N) is 1. The Morgan fingerprint density at radius 3 is 3.22 bits per heavy atom. The van der Waals surface area contributed by atoms with Crippen molar-refractivity contribution in [3.8, 4) is 0 Å². The van der Waals surface area contributed by atoms with Gasteiger partial charge in [0.1, 0.15) is 0 Å². The molecular formula is C8H9N. The zero-order valence-electron chi connectivity index (χ0n) is 5.30. The fourth-order valence-electron chi connectivity index (χ4n) is 0.766. The predicted octanol–water partition coefficient (Wildman–Crippen LogP) is 1.73. The quantitative estimate of drug-likeness (QED) is 0.491. The Kier molecular flexibility index (Phi) is 2.06. The lowest BCUT2D eigenvalue weighted by Crippen LogP contribution is -1.81. The zero-order chi connectivity index (χ0) is 6.53.